The number of sulfone groups is 1. The van der Waals surface area contributed by atoms with E-state index >= 15 is 0 Å². The van der Waals surface area contributed by atoms with Gasteiger partial charge in [0.05, 0.1) is 26.3 Å². The number of carbonyl (C=O) groups is 2. The maximum atomic E-state index is 13.7. The second kappa shape index (κ2) is 11.1. The smallest absolute Gasteiger partial charge is 0.255 e. The molecular weight excluding hydrogens is 583 g/mol. The first kappa shape index (κ1) is 29.0. The van der Waals surface area contributed by atoms with Crippen LogP contribution in [0.3, 0.4) is 0 Å². The summed E-state index contributed by atoms with van der Waals surface area (Å²) < 4.78 is 67.8. The standard InChI is InChI=1S/C28H25ClF3N3O5S/c29-21-6-3-15(27(37)35-19-11-22(30)25(32)23(31)12-19)8-24(21)41(39,40)20-9-17-4-5-18(10-20)28(17,38)14-34-26(36)16-2-1-7-33-13-16/h1-3,6-8,11-13,17-18,20,38H,4-5,9-10,14H2,(H,34,36)(H,35,37)/t17?,18?,20-,28-. The monoisotopic (exact) mass is 607 g/mol. The maximum absolute atomic E-state index is 13.7. The zero-order valence-corrected chi connectivity index (χ0v) is 23.0. The number of aromatic nitrogens is 1. The fourth-order valence-corrected chi connectivity index (χ4v) is 8.25. The summed E-state index contributed by atoms with van der Waals surface area (Å²) in [7, 11) is -4.08. The van der Waals surface area contributed by atoms with Crippen molar-refractivity contribution < 1.29 is 36.3 Å². The van der Waals surface area contributed by atoms with Crippen LogP contribution in [0.1, 0.15) is 46.4 Å². The Morgan fingerprint density at radius 3 is 2.27 bits per heavy atom. The molecule has 41 heavy (non-hydrogen) atoms. The number of pyridine rings is 1. The lowest BCUT2D eigenvalue weighted by molar-refractivity contribution is -0.0548. The van der Waals surface area contributed by atoms with Crippen molar-refractivity contribution >= 4 is 38.9 Å². The third-order valence-corrected chi connectivity index (χ3v) is 10.7. The number of rotatable bonds is 7. The van der Waals surface area contributed by atoms with Crippen molar-refractivity contribution in [3.8, 4) is 0 Å². The molecule has 2 bridgehead atoms. The van der Waals surface area contributed by atoms with Crippen molar-refractivity contribution in [2.45, 2.75) is 41.4 Å². The summed E-state index contributed by atoms with van der Waals surface area (Å²) in [4.78, 5) is 28.9. The molecule has 0 spiro atoms. The van der Waals surface area contributed by atoms with Crippen LogP contribution in [0.4, 0.5) is 18.9 Å². The fraction of sp³-hybridized carbons (Fsp3) is 0.321. The van der Waals surface area contributed by atoms with Gasteiger partial charge in [-0.25, -0.2) is 21.6 Å². The molecule has 2 aliphatic carbocycles. The number of aliphatic hydroxyl groups is 1. The van der Waals surface area contributed by atoms with Crippen molar-refractivity contribution in [3.05, 3.63) is 88.5 Å². The average molecular weight is 608 g/mol. The van der Waals surface area contributed by atoms with Crippen LogP contribution in [0.15, 0.2) is 59.8 Å². The summed E-state index contributed by atoms with van der Waals surface area (Å²) in [6.45, 7) is -0.0379. The molecule has 2 atom stereocenters. The Morgan fingerprint density at radius 1 is 1.00 bits per heavy atom. The third-order valence-electron chi connectivity index (χ3n) is 8.01. The molecule has 2 amide bonds. The number of amides is 2. The molecule has 8 nitrogen and oxygen atoms in total. The Bertz CT molecular complexity index is 1590. The summed E-state index contributed by atoms with van der Waals surface area (Å²) in [5.41, 5.74) is -1.45. The lowest BCUT2D eigenvalue weighted by Gasteiger charge is -2.42. The zero-order chi connectivity index (χ0) is 29.5. The summed E-state index contributed by atoms with van der Waals surface area (Å²) >= 11 is 6.26. The number of halogens is 4. The van der Waals surface area contributed by atoms with Crippen molar-refractivity contribution in [2.24, 2.45) is 11.8 Å². The van der Waals surface area contributed by atoms with E-state index in [1.807, 2.05) is 0 Å². The Balaban J connectivity index is 1.32. The summed E-state index contributed by atoms with van der Waals surface area (Å²) in [5, 5.41) is 15.5. The molecule has 1 aromatic heterocycles. The summed E-state index contributed by atoms with van der Waals surface area (Å²) in [5.74, 6) is -6.76. The first-order chi connectivity index (χ1) is 19.4. The molecule has 2 aliphatic rings. The predicted molar refractivity (Wildman–Crippen MR) is 144 cm³/mol. The lowest BCUT2D eigenvalue weighted by Crippen LogP contribution is -2.54. The Morgan fingerprint density at radius 2 is 1.66 bits per heavy atom. The molecule has 0 saturated heterocycles. The second-order valence-electron chi connectivity index (χ2n) is 10.4. The van der Waals surface area contributed by atoms with Gasteiger partial charge in [0.2, 0.25) is 0 Å². The normalized spacial score (nSPS) is 23.7. The number of anilines is 1. The number of fused-ring (bicyclic) bond motifs is 2. The number of nitrogens with one attached hydrogen (secondary N) is 2. The van der Waals surface area contributed by atoms with Gasteiger partial charge in [-0.15, -0.1) is 0 Å². The Hall–Kier alpha value is -3.48. The molecule has 13 heteroatoms. The van der Waals surface area contributed by atoms with Gasteiger partial charge in [-0.1, -0.05) is 11.6 Å². The van der Waals surface area contributed by atoms with Gasteiger partial charge in [0.1, 0.15) is 0 Å². The first-order valence-corrected chi connectivity index (χ1v) is 14.7. The van der Waals surface area contributed by atoms with Gasteiger partial charge in [-0.3, -0.25) is 14.6 Å². The Labute approximate surface area is 238 Å². The van der Waals surface area contributed by atoms with Crippen LogP contribution in [-0.2, 0) is 9.84 Å². The van der Waals surface area contributed by atoms with Crippen LogP contribution in [0.2, 0.25) is 5.02 Å². The van der Waals surface area contributed by atoms with Crippen LogP contribution in [0.25, 0.3) is 0 Å². The van der Waals surface area contributed by atoms with Gasteiger partial charge >= 0.3 is 0 Å². The molecule has 2 saturated carbocycles. The number of nitrogens with zero attached hydrogens (tertiary/aromatic N) is 1. The van der Waals surface area contributed by atoms with Crippen molar-refractivity contribution in [3.63, 3.8) is 0 Å². The average Bonchev–Trinajstić information content (AvgIpc) is 3.10. The number of hydrogen-bond acceptors (Lipinski definition) is 6. The number of hydrogen-bond donors (Lipinski definition) is 3. The zero-order valence-electron chi connectivity index (χ0n) is 21.4. The number of benzene rings is 2. The quantitative estimate of drug-likeness (QED) is 0.339. The minimum absolute atomic E-state index is 0.0379. The summed E-state index contributed by atoms with van der Waals surface area (Å²) in [6.07, 6.45) is 4.35. The van der Waals surface area contributed by atoms with Gasteiger partial charge < -0.3 is 15.7 Å². The molecule has 216 valence electrons. The lowest BCUT2D eigenvalue weighted by atomic mass is 9.74. The number of carbonyl (C=O) groups excluding carboxylic acids is 2. The van der Waals surface area contributed by atoms with E-state index in [-0.39, 0.29) is 40.6 Å². The highest BCUT2D eigenvalue weighted by Gasteiger charge is 2.55. The van der Waals surface area contributed by atoms with Crippen LogP contribution in [0, 0.1) is 29.3 Å². The van der Waals surface area contributed by atoms with Crippen molar-refractivity contribution in [1.82, 2.24) is 10.3 Å². The van der Waals surface area contributed by atoms with Crippen LogP contribution in [0.5, 0.6) is 0 Å². The van der Waals surface area contributed by atoms with Crippen molar-refractivity contribution in [1.29, 1.82) is 0 Å². The minimum Gasteiger partial charge on any atom is -0.387 e. The van der Waals surface area contributed by atoms with E-state index in [1.165, 1.54) is 24.5 Å². The topological polar surface area (TPSA) is 125 Å². The van der Waals surface area contributed by atoms with Crippen molar-refractivity contribution in [2.75, 3.05) is 11.9 Å². The SMILES string of the molecule is O=C(NC[C@]1(O)C2CCC1C[C@@H](S(=O)(=O)c1cc(C(=O)Nc3cc(F)c(F)c(F)c3)ccc1Cl)C2)c1cccnc1. The summed E-state index contributed by atoms with van der Waals surface area (Å²) in [6, 6.07) is 7.98. The highest BCUT2D eigenvalue weighted by atomic mass is 35.5. The van der Waals surface area contributed by atoms with E-state index in [4.69, 9.17) is 11.6 Å². The first-order valence-electron chi connectivity index (χ1n) is 12.8. The minimum atomic E-state index is -4.08. The molecule has 0 radical (unpaired) electrons. The van der Waals surface area contributed by atoms with E-state index in [9.17, 15) is 36.3 Å². The van der Waals surface area contributed by atoms with Gasteiger partial charge in [0.15, 0.2) is 27.3 Å². The molecule has 0 aliphatic heterocycles. The van der Waals surface area contributed by atoms with Gasteiger partial charge in [-0.05, 0) is 67.9 Å². The molecule has 2 unspecified atom stereocenters. The fourth-order valence-electron chi connectivity index (χ4n) is 5.85. The molecule has 2 fully saturated rings. The van der Waals surface area contributed by atoms with Gasteiger partial charge in [-0.2, -0.15) is 0 Å². The second-order valence-corrected chi connectivity index (χ2v) is 13.0. The maximum Gasteiger partial charge on any atom is 0.255 e. The molecule has 2 aromatic carbocycles. The van der Waals surface area contributed by atoms with Gasteiger partial charge in [0.25, 0.3) is 11.8 Å². The van der Waals surface area contributed by atoms with E-state index in [0.717, 1.165) is 6.07 Å². The van der Waals surface area contributed by atoms with Gasteiger partial charge in [0, 0.05) is 42.3 Å². The van der Waals surface area contributed by atoms with Crippen LogP contribution < -0.4 is 10.6 Å². The van der Waals surface area contributed by atoms with Crippen LogP contribution in [-0.4, -0.2) is 47.7 Å². The highest BCUT2D eigenvalue weighted by molar-refractivity contribution is 7.92. The Kier molecular flexibility index (Phi) is 7.84. The molecule has 3 aromatic rings. The molecular formula is C28H25ClF3N3O5S. The van der Waals surface area contributed by atoms with E-state index in [0.29, 0.717) is 30.5 Å². The molecule has 1 heterocycles. The van der Waals surface area contributed by atoms with Crippen LogP contribution >= 0.6 is 11.6 Å². The van der Waals surface area contributed by atoms with E-state index in [1.54, 1.807) is 12.1 Å². The molecule has 5 rings (SSSR count). The highest BCUT2D eigenvalue weighted by Crippen LogP contribution is 2.52. The molecule has 3 N–H and O–H groups in total. The van der Waals surface area contributed by atoms with E-state index in [2.05, 4.69) is 15.6 Å². The third kappa shape index (κ3) is 5.55. The predicted octanol–water partition coefficient (Wildman–Crippen LogP) is 4.53. The largest absolute Gasteiger partial charge is 0.387 e. The van der Waals surface area contributed by atoms with E-state index < -0.39 is 61.8 Å².